The number of ether oxygens (including phenoxy) is 1. The van der Waals surface area contributed by atoms with E-state index in [2.05, 4.69) is 10.1 Å². The number of halogens is 3. The second kappa shape index (κ2) is 6.38. The van der Waals surface area contributed by atoms with Gasteiger partial charge in [0.25, 0.3) is 5.91 Å². The fraction of sp³-hybridized carbons (Fsp3) is 0.308. The molecule has 0 saturated heterocycles. The molecule has 1 atom stereocenters. The van der Waals surface area contributed by atoms with Crippen LogP contribution in [0.1, 0.15) is 19.4 Å². The highest BCUT2D eigenvalue weighted by Crippen LogP contribution is 2.29. The minimum atomic E-state index is -4.48. The molecule has 0 aliphatic heterocycles. The van der Waals surface area contributed by atoms with E-state index in [4.69, 9.17) is 0 Å². The highest BCUT2D eigenvalue weighted by molar-refractivity contribution is 6.10. The largest absolute Gasteiger partial charge is 0.444 e. The molecular formula is C13H12F3NO4. The maximum absolute atomic E-state index is 12.4. The van der Waals surface area contributed by atoms with Crippen LogP contribution in [-0.2, 0) is 25.3 Å². The van der Waals surface area contributed by atoms with Gasteiger partial charge in [-0.15, -0.1) is 0 Å². The van der Waals surface area contributed by atoms with Crippen molar-refractivity contribution in [2.75, 3.05) is 5.32 Å². The number of hydrogen-bond donors (Lipinski definition) is 1. The van der Waals surface area contributed by atoms with Crippen molar-refractivity contribution in [2.24, 2.45) is 0 Å². The van der Waals surface area contributed by atoms with Crippen LogP contribution >= 0.6 is 0 Å². The summed E-state index contributed by atoms with van der Waals surface area (Å²) >= 11 is 0. The van der Waals surface area contributed by atoms with Crippen LogP contribution in [0.15, 0.2) is 24.3 Å². The molecule has 1 N–H and O–H groups in total. The second-order valence-electron chi connectivity index (χ2n) is 4.16. The molecule has 1 unspecified atom stereocenters. The molecule has 5 nitrogen and oxygen atoms in total. The van der Waals surface area contributed by atoms with E-state index in [-0.39, 0.29) is 5.69 Å². The highest BCUT2D eigenvalue weighted by atomic mass is 19.4. The molecule has 21 heavy (non-hydrogen) atoms. The third-order valence-electron chi connectivity index (χ3n) is 2.37. The summed E-state index contributed by atoms with van der Waals surface area (Å²) in [6, 6.07) is 3.63. The quantitative estimate of drug-likeness (QED) is 0.683. The lowest BCUT2D eigenvalue weighted by Crippen LogP contribution is -2.37. The molecule has 0 fully saturated rings. The number of amides is 1. The van der Waals surface area contributed by atoms with Gasteiger partial charge in [0.1, 0.15) is 0 Å². The molecule has 1 aromatic rings. The van der Waals surface area contributed by atoms with E-state index in [1.807, 2.05) is 0 Å². The molecule has 0 saturated carbocycles. The number of nitrogens with one attached hydrogen (secondary N) is 1. The third-order valence-corrected chi connectivity index (χ3v) is 2.37. The first kappa shape index (κ1) is 16.7. The monoisotopic (exact) mass is 303 g/mol. The lowest BCUT2D eigenvalue weighted by Gasteiger charge is -2.14. The Kier molecular flexibility index (Phi) is 5.07. The van der Waals surface area contributed by atoms with Gasteiger partial charge in [-0.3, -0.25) is 14.4 Å². The number of ketones is 1. The fourth-order valence-corrected chi connectivity index (χ4v) is 1.44. The summed E-state index contributed by atoms with van der Waals surface area (Å²) in [4.78, 5) is 33.7. The summed E-state index contributed by atoms with van der Waals surface area (Å²) in [5.41, 5.74) is -0.824. The van der Waals surface area contributed by atoms with E-state index in [1.165, 1.54) is 0 Å². The van der Waals surface area contributed by atoms with Crippen molar-refractivity contribution in [1.29, 1.82) is 0 Å². The Bertz CT molecular complexity index is 552. The van der Waals surface area contributed by atoms with Gasteiger partial charge in [0.05, 0.1) is 5.56 Å². The number of hydrogen-bond acceptors (Lipinski definition) is 4. The molecular weight excluding hydrogens is 291 g/mol. The first-order valence-electron chi connectivity index (χ1n) is 5.77. The van der Waals surface area contributed by atoms with E-state index in [1.54, 1.807) is 0 Å². The standard InChI is InChI=1S/C13H12F3NO4/c1-7(18)11(21-8(2)19)12(20)17-10-5-3-9(4-6-10)13(14,15)16/h3-6,11H,1-2H3,(H,17,20). The molecule has 0 radical (unpaired) electrons. The number of anilines is 1. The third kappa shape index (κ3) is 4.90. The molecule has 0 aliphatic rings. The Balaban J connectivity index is 2.82. The molecule has 1 aromatic carbocycles. The number of alkyl halides is 3. The minimum absolute atomic E-state index is 0.0476. The van der Waals surface area contributed by atoms with Crippen molar-refractivity contribution in [2.45, 2.75) is 26.1 Å². The minimum Gasteiger partial charge on any atom is -0.444 e. The maximum Gasteiger partial charge on any atom is 0.416 e. The van der Waals surface area contributed by atoms with Crippen molar-refractivity contribution in [3.8, 4) is 0 Å². The Morgan fingerprint density at radius 3 is 2.00 bits per heavy atom. The number of rotatable bonds is 4. The van der Waals surface area contributed by atoms with E-state index in [0.717, 1.165) is 38.1 Å². The molecule has 1 amide bonds. The van der Waals surface area contributed by atoms with Gasteiger partial charge in [-0.05, 0) is 31.2 Å². The van der Waals surface area contributed by atoms with Gasteiger partial charge < -0.3 is 10.1 Å². The summed E-state index contributed by atoms with van der Waals surface area (Å²) in [5, 5.41) is 2.20. The second-order valence-corrected chi connectivity index (χ2v) is 4.16. The van der Waals surface area contributed by atoms with Crippen LogP contribution in [0.2, 0.25) is 0 Å². The van der Waals surface area contributed by atoms with Crippen LogP contribution in [0.5, 0.6) is 0 Å². The zero-order valence-corrected chi connectivity index (χ0v) is 11.2. The number of benzene rings is 1. The summed E-state index contributed by atoms with van der Waals surface area (Å²) in [6.07, 6.45) is -6.12. The van der Waals surface area contributed by atoms with E-state index in [9.17, 15) is 27.6 Å². The van der Waals surface area contributed by atoms with Crippen molar-refractivity contribution in [3.63, 3.8) is 0 Å². The Morgan fingerprint density at radius 1 is 1.10 bits per heavy atom. The maximum atomic E-state index is 12.4. The van der Waals surface area contributed by atoms with Gasteiger partial charge in [-0.25, -0.2) is 0 Å². The summed E-state index contributed by atoms with van der Waals surface area (Å²) in [6.45, 7) is 2.08. The Hall–Kier alpha value is -2.38. The lowest BCUT2D eigenvalue weighted by atomic mass is 10.2. The highest BCUT2D eigenvalue weighted by Gasteiger charge is 2.30. The van der Waals surface area contributed by atoms with Crippen LogP contribution in [0.25, 0.3) is 0 Å². The first-order chi connectivity index (χ1) is 9.61. The van der Waals surface area contributed by atoms with Gasteiger partial charge in [0.15, 0.2) is 5.78 Å². The van der Waals surface area contributed by atoms with Crippen molar-refractivity contribution in [3.05, 3.63) is 29.8 Å². The topological polar surface area (TPSA) is 72.5 Å². The number of carbonyl (C=O) groups excluding carboxylic acids is 3. The van der Waals surface area contributed by atoms with Gasteiger partial charge in [-0.2, -0.15) is 13.2 Å². The molecule has 0 spiro atoms. The van der Waals surface area contributed by atoms with E-state index >= 15 is 0 Å². The summed E-state index contributed by atoms with van der Waals surface area (Å²) in [7, 11) is 0. The van der Waals surface area contributed by atoms with Crippen molar-refractivity contribution >= 4 is 23.3 Å². The number of Topliss-reactive ketones (excluding diaryl/α,β-unsaturated/α-hetero) is 1. The van der Waals surface area contributed by atoms with Gasteiger partial charge in [-0.1, -0.05) is 0 Å². The summed E-state index contributed by atoms with van der Waals surface area (Å²) < 4.78 is 41.7. The average Bonchev–Trinajstić information content (AvgIpc) is 2.34. The Morgan fingerprint density at radius 2 is 1.62 bits per heavy atom. The zero-order chi connectivity index (χ0) is 16.2. The van der Waals surface area contributed by atoms with Crippen LogP contribution in [0.3, 0.4) is 0 Å². The van der Waals surface area contributed by atoms with E-state index < -0.39 is 35.5 Å². The predicted molar refractivity (Wildman–Crippen MR) is 66.3 cm³/mol. The van der Waals surface area contributed by atoms with Gasteiger partial charge in [0, 0.05) is 12.6 Å². The first-order valence-corrected chi connectivity index (χ1v) is 5.77. The molecule has 0 heterocycles. The molecule has 114 valence electrons. The average molecular weight is 303 g/mol. The SMILES string of the molecule is CC(=O)OC(C(C)=O)C(=O)Nc1ccc(C(F)(F)F)cc1. The molecule has 0 aliphatic carbocycles. The molecule has 0 bridgehead atoms. The smallest absolute Gasteiger partial charge is 0.416 e. The van der Waals surface area contributed by atoms with Crippen LogP contribution in [-0.4, -0.2) is 23.8 Å². The summed E-state index contributed by atoms with van der Waals surface area (Å²) in [5.74, 6) is -2.45. The fourth-order valence-electron chi connectivity index (χ4n) is 1.44. The van der Waals surface area contributed by atoms with Crippen LogP contribution in [0, 0.1) is 0 Å². The molecule has 8 heteroatoms. The molecule has 1 rings (SSSR count). The van der Waals surface area contributed by atoms with Crippen LogP contribution < -0.4 is 5.32 Å². The van der Waals surface area contributed by atoms with Gasteiger partial charge >= 0.3 is 12.1 Å². The molecule has 0 aromatic heterocycles. The van der Waals surface area contributed by atoms with E-state index in [0.29, 0.717) is 0 Å². The lowest BCUT2D eigenvalue weighted by molar-refractivity contribution is -0.157. The van der Waals surface area contributed by atoms with Crippen LogP contribution in [0.4, 0.5) is 18.9 Å². The van der Waals surface area contributed by atoms with Crippen molar-refractivity contribution < 1.29 is 32.3 Å². The van der Waals surface area contributed by atoms with Gasteiger partial charge in [0.2, 0.25) is 6.10 Å². The van der Waals surface area contributed by atoms with Crippen molar-refractivity contribution in [1.82, 2.24) is 0 Å². The normalized spacial score (nSPS) is 12.4. The number of carbonyl (C=O) groups is 3. The Labute approximate surface area is 118 Å². The zero-order valence-electron chi connectivity index (χ0n) is 11.2. The number of esters is 1. The predicted octanol–water partition coefficient (Wildman–Crippen LogP) is 2.16.